The molecule has 4 heteroatoms. The van der Waals surface area contributed by atoms with Gasteiger partial charge in [0.2, 0.25) is 0 Å². The standard InChI is InChI=1S/Mo.O.Sb.W. The Kier molecular flexibility index (Phi) is 83.5. The van der Waals surface area contributed by atoms with Crippen LogP contribution in [0.1, 0.15) is 0 Å². The second kappa shape index (κ2) is 20.0. The molecule has 0 aliphatic carbocycles. The molecule has 0 rings (SSSR count). The Bertz CT molecular complexity index is 8.00. The Morgan fingerprint density at radius 1 is 1.25 bits per heavy atom. The quantitative estimate of drug-likeness (QED) is 0.486. The van der Waals surface area contributed by atoms with Crippen molar-refractivity contribution in [2.75, 3.05) is 0 Å². The van der Waals surface area contributed by atoms with E-state index in [9.17, 15) is 0 Å². The van der Waals surface area contributed by atoms with Gasteiger partial charge in [0.15, 0.2) is 0 Å². The molecule has 0 N–H and O–H groups in total. The van der Waals surface area contributed by atoms with E-state index in [0.29, 0.717) is 19.8 Å². The topological polar surface area (TPSA) is 17.1 Å². The van der Waals surface area contributed by atoms with E-state index in [2.05, 4.69) is 0 Å². The molecule has 0 fully saturated rings. The van der Waals surface area contributed by atoms with Gasteiger partial charge in [0.05, 0.1) is 0 Å². The van der Waals surface area contributed by atoms with Crippen molar-refractivity contribution < 1.29 is 44.2 Å². The molecule has 0 aromatic carbocycles. The van der Waals surface area contributed by atoms with Gasteiger partial charge in [0.25, 0.3) is 0 Å². The van der Waals surface area contributed by atoms with Crippen molar-refractivity contribution in [3.05, 3.63) is 0 Å². The average Bonchev–Trinajstić information content (AvgIpc) is 1.00. The third-order valence-electron chi connectivity index (χ3n) is 0. The minimum atomic E-state index is 0. The van der Waals surface area contributed by atoms with Gasteiger partial charge in [-0.1, -0.05) is 0 Å². The van der Waals surface area contributed by atoms with E-state index in [0.717, 1.165) is 0 Å². The van der Waals surface area contributed by atoms with Crippen LogP contribution in [-0.4, -0.2) is 24.4 Å². The van der Waals surface area contributed by atoms with Crippen molar-refractivity contribution in [2.24, 2.45) is 0 Å². The molecular formula is MoOSbW. The van der Waals surface area contributed by atoms with E-state index in [1.807, 2.05) is 0 Å². The Labute approximate surface area is 67.8 Å². The van der Waals surface area contributed by atoms with E-state index in [1.165, 1.54) is 0 Å². The Morgan fingerprint density at radius 2 is 1.25 bits per heavy atom. The Morgan fingerprint density at radius 3 is 1.25 bits per heavy atom. The molecule has 0 aromatic rings. The molecule has 0 heterocycles. The van der Waals surface area contributed by atoms with Gasteiger partial charge < -0.3 is 0 Å². The van der Waals surface area contributed by atoms with Crippen molar-refractivity contribution >= 4 is 24.4 Å². The van der Waals surface area contributed by atoms with Gasteiger partial charge in [-0.05, 0) is 0 Å². The Balaban J connectivity index is -0.00000000500. The number of hydrogen-bond donors (Lipinski definition) is 0. The minimum Gasteiger partial charge on any atom is 0 e. The summed E-state index contributed by atoms with van der Waals surface area (Å²) < 4.78 is 8.33. The zero-order valence-corrected chi connectivity index (χ0v) is 9.17. The van der Waals surface area contributed by atoms with Gasteiger partial charge in [0, 0.05) is 45.5 Å². The Hall–Kier alpha value is 1.99. The van der Waals surface area contributed by atoms with Gasteiger partial charge in [-0.15, -0.1) is 0 Å². The molecule has 0 amide bonds. The van der Waals surface area contributed by atoms with Crippen LogP contribution in [0.25, 0.3) is 0 Å². The summed E-state index contributed by atoms with van der Waals surface area (Å²) in [5.41, 5.74) is 0. The first kappa shape index (κ1) is 16.7. The normalized spacial score (nSPS) is 1.00. The molecule has 4 heavy (non-hydrogen) atoms. The fraction of sp³-hybridized carbons (Fsp3) is 0. The summed E-state index contributed by atoms with van der Waals surface area (Å²) in [7, 11) is 0. The van der Waals surface area contributed by atoms with Crippen LogP contribution in [0.5, 0.6) is 0 Å². The predicted octanol–water partition coefficient (Wildman–Crippen LogP) is -0.505. The first-order valence-electron chi connectivity index (χ1n) is 0.167. The van der Waals surface area contributed by atoms with Crippen molar-refractivity contribution in [2.45, 2.75) is 0 Å². The van der Waals surface area contributed by atoms with Crippen LogP contribution in [0.3, 0.4) is 0 Å². The second-order valence-corrected chi connectivity index (χ2v) is 0. The van der Waals surface area contributed by atoms with Crippen LogP contribution in [0, 0.1) is 0 Å². The summed E-state index contributed by atoms with van der Waals surface area (Å²) >= 11 is 0.333. The number of rotatable bonds is 0. The first-order chi connectivity index (χ1) is 1.00. The third kappa shape index (κ3) is 9.00. The predicted molar refractivity (Wildman–Crippen MR) is 6.44 cm³/mol. The molecule has 0 unspecified atom stereocenters. The SMILES string of the molecule is [Mo].[O]=[W].[Sb]. The maximum Gasteiger partial charge on any atom is 0 e. The molecule has 0 saturated carbocycles. The molecule has 0 aliphatic rings. The van der Waals surface area contributed by atoms with Crippen LogP contribution in [-0.2, 0) is 44.2 Å². The van der Waals surface area contributed by atoms with E-state index in [1.54, 1.807) is 0 Å². The first-order valence-corrected chi connectivity index (χ1v) is 1.36. The third-order valence-corrected chi connectivity index (χ3v) is 0. The molecule has 0 aromatic heterocycles. The fourth-order valence-electron chi connectivity index (χ4n) is 0. The molecule has 3 radical (unpaired) electrons. The van der Waals surface area contributed by atoms with E-state index >= 15 is 0 Å². The van der Waals surface area contributed by atoms with Crippen LogP contribution < -0.4 is 0 Å². The zero-order chi connectivity index (χ0) is 2.00. The summed E-state index contributed by atoms with van der Waals surface area (Å²) in [6.45, 7) is 0. The molecule has 0 spiro atoms. The molecule has 23 valence electrons. The molecule has 0 aliphatic heterocycles. The fourth-order valence-corrected chi connectivity index (χ4v) is 0. The summed E-state index contributed by atoms with van der Waals surface area (Å²) in [6, 6.07) is 0. The van der Waals surface area contributed by atoms with Gasteiger partial charge in [-0.3, -0.25) is 0 Å². The second-order valence-electron chi connectivity index (χ2n) is 0. The maximum absolute atomic E-state index is 8.33. The van der Waals surface area contributed by atoms with Gasteiger partial charge in [-0.2, -0.15) is 0 Å². The van der Waals surface area contributed by atoms with E-state index < -0.39 is 0 Å². The molecule has 0 saturated heterocycles. The van der Waals surface area contributed by atoms with Crippen LogP contribution in [0.15, 0.2) is 0 Å². The number of hydrogen-bond acceptors (Lipinski definition) is 1. The molecule has 0 bridgehead atoms. The van der Waals surface area contributed by atoms with Crippen molar-refractivity contribution in [1.29, 1.82) is 0 Å². The van der Waals surface area contributed by atoms with Crippen LogP contribution >= 0.6 is 0 Å². The summed E-state index contributed by atoms with van der Waals surface area (Å²) in [4.78, 5) is 0. The van der Waals surface area contributed by atoms with Crippen molar-refractivity contribution in [3.8, 4) is 0 Å². The van der Waals surface area contributed by atoms with Gasteiger partial charge >= 0.3 is 23.2 Å². The zero-order valence-electron chi connectivity index (χ0n) is 1.67. The molecule has 1 nitrogen and oxygen atoms in total. The van der Waals surface area contributed by atoms with Crippen LogP contribution in [0.2, 0.25) is 0 Å². The summed E-state index contributed by atoms with van der Waals surface area (Å²) in [5, 5.41) is 0. The smallest absolute Gasteiger partial charge is 0 e. The molecule has 0 atom stereocenters. The van der Waals surface area contributed by atoms with Crippen LogP contribution in [0.4, 0.5) is 0 Å². The van der Waals surface area contributed by atoms with E-state index in [-0.39, 0.29) is 45.5 Å². The van der Waals surface area contributed by atoms with Crippen molar-refractivity contribution in [1.82, 2.24) is 0 Å². The summed E-state index contributed by atoms with van der Waals surface area (Å²) in [5.74, 6) is 0. The van der Waals surface area contributed by atoms with Gasteiger partial charge in [-0.25, -0.2) is 0 Å². The minimum absolute atomic E-state index is 0. The van der Waals surface area contributed by atoms with Crippen molar-refractivity contribution in [3.63, 3.8) is 0 Å². The van der Waals surface area contributed by atoms with Gasteiger partial charge in [0.1, 0.15) is 0 Å². The molecular weight excluding hydrogens is 418 g/mol. The maximum atomic E-state index is 8.33. The van der Waals surface area contributed by atoms with E-state index in [4.69, 9.17) is 3.40 Å². The average molecular weight is 418 g/mol. The largest absolute Gasteiger partial charge is 0 e. The monoisotopic (exact) mass is 419 g/mol. The summed E-state index contributed by atoms with van der Waals surface area (Å²) in [6.07, 6.45) is 0.